The highest BCUT2D eigenvalue weighted by Crippen LogP contribution is 2.32. The molecule has 0 aliphatic carbocycles. The Balaban J connectivity index is 2.11. The fraction of sp³-hybridized carbons (Fsp3) is 0.292. The fourth-order valence-electron chi connectivity index (χ4n) is 3.62. The van der Waals surface area contributed by atoms with E-state index < -0.39 is 0 Å². The second-order valence-corrected chi connectivity index (χ2v) is 8.01. The van der Waals surface area contributed by atoms with Crippen LogP contribution in [0.5, 0.6) is 0 Å². The van der Waals surface area contributed by atoms with Crippen molar-refractivity contribution in [3.8, 4) is 22.4 Å². The van der Waals surface area contributed by atoms with E-state index in [4.69, 9.17) is 0 Å². The predicted octanol–water partition coefficient (Wildman–Crippen LogP) is 5.76. The van der Waals surface area contributed by atoms with Gasteiger partial charge in [0.2, 0.25) is 5.69 Å². The van der Waals surface area contributed by atoms with E-state index in [-0.39, 0.29) is 5.41 Å². The Morgan fingerprint density at radius 2 is 1.44 bits per heavy atom. The van der Waals surface area contributed by atoms with Crippen LogP contribution in [0.3, 0.4) is 0 Å². The summed E-state index contributed by atoms with van der Waals surface area (Å²) in [6.07, 6.45) is 2.22. The smallest absolute Gasteiger partial charge is 0.200 e. The molecule has 0 aliphatic rings. The van der Waals surface area contributed by atoms with Gasteiger partial charge in [0.25, 0.3) is 0 Å². The average molecular weight is 330 g/mol. The maximum absolute atomic E-state index is 2.38. The third-order valence-electron chi connectivity index (χ3n) is 4.90. The zero-order chi connectivity index (χ0) is 18.2. The minimum Gasteiger partial charge on any atom is -0.200 e. The number of benzene rings is 2. The van der Waals surface area contributed by atoms with Crippen molar-refractivity contribution >= 4 is 0 Å². The third kappa shape index (κ3) is 3.51. The van der Waals surface area contributed by atoms with Gasteiger partial charge < -0.3 is 0 Å². The zero-order valence-corrected chi connectivity index (χ0v) is 16.2. The quantitative estimate of drug-likeness (QED) is 0.526. The van der Waals surface area contributed by atoms with Gasteiger partial charge in [0, 0.05) is 17.2 Å². The van der Waals surface area contributed by atoms with Gasteiger partial charge in [-0.15, -0.1) is 0 Å². The minimum atomic E-state index is 0.148. The molecule has 0 radical (unpaired) electrons. The third-order valence-corrected chi connectivity index (χ3v) is 4.90. The van der Waals surface area contributed by atoms with Crippen LogP contribution in [0, 0.1) is 13.8 Å². The van der Waals surface area contributed by atoms with Gasteiger partial charge in [-0.25, -0.2) is 4.57 Å². The van der Waals surface area contributed by atoms with Crippen LogP contribution in [-0.4, -0.2) is 0 Å². The van der Waals surface area contributed by atoms with Crippen molar-refractivity contribution in [3.05, 3.63) is 77.5 Å². The van der Waals surface area contributed by atoms with Crippen LogP contribution in [0.25, 0.3) is 22.4 Å². The summed E-state index contributed by atoms with van der Waals surface area (Å²) in [5, 5.41) is 0. The Morgan fingerprint density at radius 3 is 2.04 bits per heavy atom. The average Bonchev–Trinajstić information content (AvgIpc) is 2.55. The van der Waals surface area contributed by atoms with Gasteiger partial charge in [0.15, 0.2) is 6.20 Å². The van der Waals surface area contributed by atoms with Crippen molar-refractivity contribution in [2.75, 3.05) is 0 Å². The topological polar surface area (TPSA) is 3.88 Å². The summed E-state index contributed by atoms with van der Waals surface area (Å²) in [5.41, 5.74) is 9.33. The number of pyridine rings is 1. The van der Waals surface area contributed by atoms with Crippen molar-refractivity contribution < 1.29 is 4.57 Å². The van der Waals surface area contributed by atoms with Gasteiger partial charge in [0.05, 0.1) is 0 Å². The van der Waals surface area contributed by atoms with E-state index in [9.17, 15) is 0 Å². The normalized spacial score (nSPS) is 11.6. The van der Waals surface area contributed by atoms with E-state index in [2.05, 4.69) is 107 Å². The lowest BCUT2D eigenvalue weighted by Crippen LogP contribution is -2.31. The number of aryl methyl sites for hydroxylation is 3. The Morgan fingerprint density at radius 1 is 0.760 bits per heavy atom. The fourth-order valence-corrected chi connectivity index (χ4v) is 3.62. The molecule has 0 unspecified atom stereocenters. The molecule has 1 heteroatoms. The van der Waals surface area contributed by atoms with Crippen molar-refractivity contribution in [1.82, 2.24) is 0 Å². The van der Waals surface area contributed by atoms with E-state index in [1.165, 1.54) is 39.1 Å². The summed E-state index contributed by atoms with van der Waals surface area (Å²) >= 11 is 0. The molecule has 1 nitrogen and oxygen atoms in total. The van der Waals surface area contributed by atoms with Crippen molar-refractivity contribution in [2.45, 2.75) is 40.0 Å². The van der Waals surface area contributed by atoms with Gasteiger partial charge in [-0.1, -0.05) is 57.2 Å². The lowest BCUT2D eigenvalue weighted by atomic mass is 9.81. The lowest BCUT2D eigenvalue weighted by Gasteiger charge is -2.23. The second-order valence-electron chi connectivity index (χ2n) is 8.01. The summed E-state index contributed by atoms with van der Waals surface area (Å²) in [7, 11) is 2.14. The first-order valence-electron chi connectivity index (χ1n) is 8.94. The lowest BCUT2D eigenvalue weighted by molar-refractivity contribution is -0.659. The molecule has 0 spiro atoms. The summed E-state index contributed by atoms with van der Waals surface area (Å²) in [5.74, 6) is 0. The maximum Gasteiger partial charge on any atom is 0.212 e. The molecule has 0 N–H and O–H groups in total. The largest absolute Gasteiger partial charge is 0.212 e. The Bertz CT molecular complexity index is 899. The number of rotatable bonds is 2. The van der Waals surface area contributed by atoms with Gasteiger partial charge in [-0.2, -0.15) is 0 Å². The predicted molar refractivity (Wildman–Crippen MR) is 107 cm³/mol. The molecule has 1 heterocycles. The first-order chi connectivity index (χ1) is 11.8. The van der Waals surface area contributed by atoms with Crippen LogP contribution >= 0.6 is 0 Å². The van der Waals surface area contributed by atoms with Crippen LogP contribution in [0.1, 0.15) is 37.5 Å². The molecule has 0 amide bonds. The van der Waals surface area contributed by atoms with Gasteiger partial charge in [0.1, 0.15) is 7.05 Å². The minimum absolute atomic E-state index is 0.148. The zero-order valence-electron chi connectivity index (χ0n) is 16.2. The van der Waals surface area contributed by atoms with Crippen LogP contribution in [0.2, 0.25) is 0 Å². The Labute approximate surface area is 152 Å². The van der Waals surface area contributed by atoms with E-state index in [1.807, 2.05) is 0 Å². The van der Waals surface area contributed by atoms with Gasteiger partial charge in [-0.3, -0.25) is 0 Å². The SMILES string of the molecule is Cc1cc(C)c(C(C)(C)C)cc1-c1ccc(-c2ccccc2)c[n+]1C. The summed E-state index contributed by atoms with van der Waals surface area (Å²) in [6.45, 7) is 11.3. The van der Waals surface area contributed by atoms with Crippen molar-refractivity contribution in [2.24, 2.45) is 7.05 Å². The molecule has 0 atom stereocenters. The highest BCUT2D eigenvalue weighted by molar-refractivity contribution is 5.67. The second kappa shape index (κ2) is 6.48. The Kier molecular flexibility index (Phi) is 4.51. The van der Waals surface area contributed by atoms with Crippen LogP contribution in [0.15, 0.2) is 60.8 Å². The van der Waals surface area contributed by atoms with E-state index in [1.54, 1.807) is 0 Å². The number of hydrogen-bond donors (Lipinski definition) is 0. The number of aromatic nitrogens is 1. The highest BCUT2D eigenvalue weighted by Gasteiger charge is 2.21. The standard InChI is InChI=1S/C24H28N/c1-17-14-18(2)22(24(3,4)5)15-21(17)23-13-12-20(16-25(23)6)19-10-8-7-9-11-19/h7-16H,1-6H3/q+1. The molecular formula is C24H28N+. The molecule has 3 aromatic rings. The van der Waals surface area contributed by atoms with Crippen molar-refractivity contribution in [3.63, 3.8) is 0 Å². The summed E-state index contributed by atoms with van der Waals surface area (Å²) in [4.78, 5) is 0. The molecule has 0 bridgehead atoms. The molecule has 128 valence electrons. The Hall–Kier alpha value is -2.41. The first kappa shape index (κ1) is 17.4. The van der Waals surface area contributed by atoms with E-state index >= 15 is 0 Å². The molecule has 0 saturated heterocycles. The summed E-state index contributed by atoms with van der Waals surface area (Å²) < 4.78 is 2.24. The van der Waals surface area contributed by atoms with E-state index in [0.29, 0.717) is 0 Å². The maximum atomic E-state index is 2.38. The molecule has 0 saturated carbocycles. The molecule has 0 fully saturated rings. The molecule has 25 heavy (non-hydrogen) atoms. The van der Waals surface area contributed by atoms with Crippen LogP contribution < -0.4 is 4.57 Å². The monoisotopic (exact) mass is 330 g/mol. The molecule has 0 aliphatic heterocycles. The highest BCUT2D eigenvalue weighted by atomic mass is 14.9. The van der Waals surface area contributed by atoms with Gasteiger partial charge >= 0.3 is 0 Å². The molecular weight excluding hydrogens is 302 g/mol. The molecule has 3 rings (SSSR count). The summed E-state index contributed by atoms with van der Waals surface area (Å²) in [6, 6.07) is 19.7. The number of hydrogen-bond acceptors (Lipinski definition) is 0. The number of nitrogens with zero attached hydrogens (tertiary/aromatic N) is 1. The van der Waals surface area contributed by atoms with Gasteiger partial charge in [-0.05, 0) is 53.6 Å². The van der Waals surface area contributed by atoms with E-state index in [0.717, 1.165) is 0 Å². The molecule has 1 aromatic heterocycles. The van der Waals surface area contributed by atoms with Crippen molar-refractivity contribution in [1.29, 1.82) is 0 Å². The first-order valence-corrected chi connectivity index (χ1v) is 8.94. The molecule has 2 aromatic carbocycles. The van der Waals surface area contributed by atoms with Crippen LogP contribution in [-0.2, 0) is 12.5 Å². The van der Waals surface area contributed by atoms with Crippen LogP contribution in [0.4, 0.5) is 0 Å².